The van der Waals surface area contributed by atoms with Crippen molar-refractivity contribution >= 4 is 68.4 Å². The van der Waals surface area contributed by atoms with Crippen LogP contribution in [0.3, 0.4) is 0 Å². The van der Waals surface area contributed by atoms with Crippen molar-refractivity contribution in [3.05, 3.63) is 125 Å². The van der Waals surface area contributed by atoms with Crippen molar-refractivity contribution in [2.45, 2.75) is 103 Å². The van der Waals surface area contributed by atoms with Gasteiger partial charge in [0.15, 0.2) is 0 Å². The highest BCUT2D eigenvalue weighted by atomic mass is 33.1. The van der Waals surface area contributed by atoms with Gasteiger partial charge in [-0.2, -0.15) is 8.62 Å². The number of phosphoric acid groups is 3. The Morgan fingerprint density at radius 3 is 2.18 bits per heavy atom. The zero-order valence-electron chi connectivity index (χ0n) is 49.1. The first-order chi connectivity index (χ1) is 41.1. The Kier molecular flexibility index (Phi) is 27.0. The Bertz CT molecular complexity index is 3290. The first-order valence-corrected chi connectivity index (χ1v) is 34.5. The number of carboxylic acids is 1. The van der Waals surface area contributed by atoms with Gasteiger partial charge in [-0.3, -0.25) is 28.5 Å². The standard InChI is InChI=1S/C54H76N5O23P3S2/c1-8-10-36-26-43-40(23-33(36)3)49(41-24-34(4)42(55-9-2)27-44(41)79-43)38-12-11-37(25-39(38)52(63)64)51(62)56-14-16-74-18-20-76-22-21-75-19-17-73-15-13-47(60)57-31-54(6,7)87-86-32-77-45-28-48(59-29-35(5)50(61)58-53(59)65)80-46(45)30-78-84(69,70)82-85(71,72)81-83(66,67)68/h11-12,23-27,29,42,45-46,48,55H,8-10,13-22,28,30-32H2,1-7H3,(H,56,62)(H,57,60)(H,63,64)(H,69,70)(H,71,72)(H,58,61,65)(H2,66,67,68)/t42?,45?,46-,48-/m1/s1. The van der Waals surface area contributed by atoms with Gasteiger partial charge in [0.2, 0.25) is 5.91 Å². The fourth-order valence-electron chi connectivity index (χ4n) is 9.13. The van der Waals surface area contributed by atoms with Gasteiger partial charge in [-0.05, 0) is 101 Å². The van der Waals surface area contributed by atoms with Gasteiger partial charge in [0.1, 0.15) is 29.8 Å². The first kappa shape index (κ1) is 71.5. The molecule has 482 valence electrons. The summed E-state index contributed by atoms with van der Waals surface area (Å²) in [6.45, 7) is 15.7. The van der Waals surface area contributed by atoms with Gasteiger partial charge >= 0.3 is 35.1 Å². The number of benzene rings is 2. The van der Waals surface area contributed by atoms with Crippen LogP contribution < -0.4 is 31.9 Å². The van der Waals surface area contributed by atoms with Gasteiger partial charge in [0, 0.05) is 64.7 Å². The van der Waals surface area contributed by atoms with Gasteiger partial charge < -0.3 is 73.8 Å². The van der Waals surface area contributed by atoms with Crippen LogP contribution in [0.25, 0.3) is 5.57 Å². The summed E-state index contributed by atoms with van der Waals surface area (Å²) in [6.07, 6.45) is 3.94. The molecule has 9 N–H and O–H groups in total. The molecule has 1 fully saturated rings. The SMILES string of the molecule is CCCc1cc2c(cc1C)C(c1ccc(C(=O)NCCOCCOCCOCCOCCC(=O)NCC(C)(C)SSCOC3C[C@H](n4cc(C)c(=O)[nH]c4=O)O[C@@H]3COP(=O)(O)OP(=O)(O)OP(=O)(O)O)cc1C(=O)O)=C1C=C(C)C(NCC)C=C1O2. The Hall–Kier alpha value is -4.62. The number of nitrogens with one attached hydrogen (secondary N) is 4. The molecule has 2 amide bonds. The lowest BCUT2D eigenvalue weighted by atomic mass is 9.82. The molecule has 6 atom stereocenters. The van der Waals surface area contributed by atoms with Crippen molar-refractivity contribution < 1.29 is 99.1 Å². The van der Waals surface area contributed by atoms with E-state index in [1.165, 1.54) is 40.8 Å². The van der Waals surface area contributed by atoms with Crippen molar-refractivity contribution in [3.8, 4) is 5.75 Å². The number of carbonyl (C=O) groups excluding carboxylic acids is 2. The van der Waals surface area contributed by atoms with Gasteiger partial charge in [-0.25, -0.2) is 23.3 Å². The van der Waals surface area contributed by atoms with E-state index in [0.29, 0.717) is 30.3 Å². The predicted octanol–water partition coefficient (Wildman–Crippen LogP) is 5.96. The van der Waals surface area contributed by atoms with E-state index in [1.807, 2.05) is 52.8 Å². The normalized spacial score (nSPS) is 19.1. The molecule has 2 aliphatic heterocycles. The number of hydrogen-bond donors (Lipinski definition) is 9. The van der Waals surface area contributed by atoms with E-state index < -0.39 is 76.4 Å². The summed E-state index contributed by atoms with van der Waals surface area (Å²) < 4.78 is 88.7. The predicted molar refractivity (Wildman–Crippen MR) is 321 cm³/mol. The number of aromatic nitrogens is 2. The summed E-state index contributed by atoms with van der Waals surface area (Å²) in [5.74, 6) is -0.580. The molecule has 1 aliphatic carbocycles. The number of ether oxygens (including phenoxy) is 7. The number of aromatic amines is 1. The molecule has 4 unspecified atom stereocenters. The number of hydrogen-bond acceptors (Lipinski definition) is 21. The van der Waals surface area contributed by atoms with E-state index >= 15 is 0 Å². The number of phosphoric ester groups is 1. The molecule has 0 bridgehead atoms. The lowest BCUT2D eigenvalue weighted by Gasteiger charge is -2.31. The topological polar surface area (TPSA) is 387 Å². The van der Waals surface area contributed by atoms with Crippen LogP contribution in [-0.2, 0) is 66.5 Å². The van der Waals surface area contributed by atoms with E-state index in [1.54, 1.807) is 12.1 Å². The fraction of sp³-hybridized carbons (Fsp3) is 0.537. The third-order valence-corrected chi connectivity index (χ3v) is 20.0. The molecule has 0 radical (unpaired) electrons. The van der Waals surface area contributed by atoms with Crippen LogP contribution in [0.4, 0.5) is 0 Å². The number of fused-ring (bicyclic) bond motifs is 2. The van der Waals surface area contributed by atoms with Crippen molar-refractivity contribution in [3.63, 3.8) is 0 Å². The minimum Gasteiger partial charge on any atom is -0.478 e. The number of nitrogens with zero attached hydrogens (tertiary/aromatic N) is 1. The van der Waals surface area contributed by atoms with Gasteiger partial charge in [-0.15, -0.1) is 0 Å². The van der Waals surface area contributed by atoms with Gasteiger partial charge in [0.05, 0.1) is 77.2 Å². The van der Waals surface area contributed by atoms with Crippen molar-refractivity contribution in [1.82, 2.24) is 25.5 Å². The lowest BCUT2D eigenvalue weighted by Crippen LogP contribution is -2.36. The highest BCUT2D eigenvalue weighted by Gasteiger charge is 2.44. The van der Waals surface area contributed by atoms with Crippen LogP contribution >= 0.6 is 45.1 Å². The molecule has 2 aromatic carbocycles. The Morgan fingerprint density at radius 2 is 1.53 bits per heavy atom. The maximum Gasteiger partial charge on any atom is 0.490 e. The Labute approximate surface area is 510 Å². The van der Waals surface area contributed by atoms with Crippen LogP contribution in [-0.4, -0.2) is 160 Å². The second kappa shape index (κ2) is 32.9. The second-order valence-corrected chi connectivity index (χ2v) is 28.1. The van der Waals surface area contributed by atoms with Crippen LogP contribution in [0.15, 0.2) is 75.2 Å². The van der Waals surface area contributed by atoms with Crippen LogP contribution in [0.1, 0.15) is 109 Å². The summed E-state index contributed by atoms with van der Waals surface area (Å²) in [5, 5.41) is 19.7. The first-order valence-electron chi connectivity index (χ1n) is 27.7. The third-order valence-electron chi connectivity index (χ3n) is 13.3. The molecule has 3 aliphatic rings. The van der Waals surface area contributed by atoms with Gasteiger partial charge in [-0.1, -0.05) is 53.5 Å². The summed E-state index contributed by atoms with van der Waals surface area (Å²) in [7, 11) is -14.3. The Morgan fingerprint density at radius 1 is 0.851 bits per heavy atom. The number of likely N-dealkylation sites (N-methyl/N-ethyl adjacent to an activating group) is 1. The van der Waals surface area contributed by atoms with Crippen molar-refractivity contribution in [2.24, 2.45) is 0 Å². The zero-order chi connectivity index (χ0) is 63.7. The molecular weight excluding hydrogens is 1240 g/mol. The quantitative estimate of drug-likeness (QED) is 0.0139. The molecule has 33 heteroatoms. The highest BCUT2D eigenvalue weighted by molar-refractivity contribution is 8.77. The number of carbonyl (C=O) groups is 3. The molecule has 28 nitrogen and oxygen atoms in total. The number of aromatic carboxylic acids is 1. The van der Waals surface area contributed by atoms with Crippen LogP contribution in [0.5, 0.6) is 5.75 Å². The van der Waals surface area contributed by atoms with Crippen LogP contribution in [0.2, 0.25) is 0 Å². The highest BCUT2D eigenvalue weighted by Crippen LogP contribution is 2.66. The molecule has 0 saturated carbocycles. The monoisotopic (exact) mass is 1320 g/mol. The van der Waals surface area contributed by atoms with E-state index in [-0.39, 0.29) is 100 Å². The molecule has 1 aromatic heterocycles. The zero-order valence-corrected chi connectivity index (χ0v) is 53.5. The van der Waals surface area contributed by atoms with Crippen LogP contribution in [0, 0.1) is 13.8 Å². The van der Waals surface area contributed by atoms with Crippen molar-refractivity contribution in [1.29, 1.82) is 0 Å². The van der Waals surface area contributed by atoms with E-state index in [2.05, 4.69) is 42.5 Å². The average molecular weight is 1320 g/mol. The molecular formula is C54H76N5O23P3S2. The molecule has 3 heterocycles. The molecule has 0 spiro atoms. The summed E-state index contributed by atoms with van der Waals surface area (Å²) in [5.41, 5.74) is 4.96. The number of carboxylic acid groups (broad SMARTS) is 1. The van der Waals surface area contributed by atoms with Gasteiger partial charge in [0.25, 0.3) is 11.5 Å². The van der Waals surface area contributed by atoms with E-state index in [9.17, 15) is 52.6 Å². The van der Waals surface area contributed by atoms with E-state index in [4.69, 9.17) is 47.5 Å². The molecule has 87 heavy (non-hydrogen) atoms. The van der Waals surface area contributed by atoms with E-state index in [0.717, 1.165) is 57.4 Å². The largest absolute Gasteiger partial charge is 0.490 e. The van der Waals surface area contributed by atoms with Crippen molar-refractivity contribution in [2.75, 3.05) is 85.0 Å². The molecule has 3 aromatic rings. The summed E-state index contributed by atoms with van der Waals surface area (Å²) in [6, 6.07) is 8.79. The fourth-order valence-corrected chi connectivity index (χ4v) is 14.3. The number of allylic oxidation sites excluding steroid dienone is 1. The minimum atomic E-state index is -5.80. The number of H-pyrrole nitrogens is 1. The molecule has 1 saturated heterocycles. The summed E-state index contributed by atoms with van der Waals surface area (Å²) >= 11 is 0. The second-order valence-electron chi connectivity index (χ2n) is 20.7. The average Bonchev–Trinajstić information content (AvgIpc) is 1.24. The maximum atomic E-state index is 13.3. The Balaban J connectivity index is 0.827. The smallest absolute Gasteiger partial charge is 0.478 e. The number of amides is 2. The third kappa shape index (κ3) is 22.1. The lowest BCUT2D eigenvalue weighted by molar-refractivity contribution is -0.122. The maximum absolute atomic E-state index is 13.3. The minimum absolute atomic E-state index is 0.0125. The number of aryl methyl sites for hydroxylation is 3. The summed E-state index contributed by atoms with van der Waals surface area (Å²) in [4.78, 5) is 103. The number of rotatable bonds is 37. The molecule has 6 rings (SSSR count).